The number of amides is 1. The number of benzene rings is 3. The number of rotatable bonds is 8. The van der Waals surface area contributed by atoms with Crippen LogP contribution in [-0.4, -0.2) is 58.4 Å². The van der Waals surface area contributed by atoms with E-state index in [0.29, 0.717) is 61.6 Å². The van der Waals surface area contributed by atoms with E-state index in [4.69, 9.17) is 4.74 Å². The number of allylic oxidation sites excluding steroid dienone is 2. The van der Waals surface area contributed by atoms with Gasteiger partial charge in [0.2, 0.25) is 0 Å². The maximum Gasteiger partial charge on any atom is 0.409 e. The molecular weight excluding hydrogens is 671 g/mol. The van der Waals surface area contributed by atoms with Gasteiger partial charge >= 0.3 is 6.09 Å². The number of ketones is 1. The van der Waals surface area contributed by atoms with Gasteiger partial charge in [-0.05, 0) is 135 Å². The lowest BCUT2D eigenvalue weighted by Gasteiger charge is -2.60. The van der Waals surface area contributed by atoms with E-state index in [1.165, 1.54) is 18.4 Å². The van der Waals surface area contributed by atoms with Crippen LogP contribution >= 0.6 is 0 Å². The normalized spacial score (nSPS) is 30.4. The highest BCUT2D eigenvalue weighted by atomic mass is 16.6. The number of aliphatic hydroxyl groups excluding tert-OH is 1. The number of carbonyl (C=O) groups excluding carboxylic acids is 2. The fourth-order valence-corrected chi connectivity index (χ4v) is 11.1. The molecule has 54 heavy (non-hydrogen) atoms. The molecule has 0 spiro atoms. The highest BCUT2D eigenvalue weighted by molar-refractivity contribution is 6.13. The molecule has 3 aromatic carbocycles. The molecule has 6 aliphatic rings. The predicted molar refractivity (Wildman–Crippen MR) is 215 cm³/mol. The third kappa shape index (κ3) is 7.21. The maximum absolute atomic E-state index is 15.0. The Hall–Kier alpha value is -3.74. The van der Waals surface area contributed by atoms with E-state index in [9.17, 15) is 15.0 Å². The topological polar surface area (TPSA) is 87.1 Å². The molecule has 4 fully saturated rings. The number of hydrogen-bond donors (Lipinski definition) is 2. The molecule has 0 aliphatic heterocycles. The largest absolute Gasteiger partial charge is 0.450 e. The van der Waals surface area contributed by atoms with Gasteiger partial charge in [0, 0.05) is 23.1 Å². The summed E-state index contributed by atoms with van der Waals surface area (Å²) in [6.45, 7) is 12.0. The number of nitrogens with zero attached hydrogens (tertiary/aromatic N) is 1. The average Bonchev–Trinajstić information content (AvgIpc) is 3.42. The molecule has 2 N–H and O–H groups in total. The molecule has 6 heteroatoms. The van der Waals surface area contributed by atoms with Crippen LogP contribution in [0.15, 0.2) is 84.4 Å². The van der Waals surface area contributed by atoms with Crippen molar-refractivity contribution in [1.82, 2.24) is 4.90 Å². The number of aliphatic hydroxyl groups is 2. The molecular formula is C48H61NO5. The van der Waals surface area contributed by atoms with Crippen molar-refractivity contribution in [2.75, 3.05) is 19.7 Å². The van der Waals surface area contributed by atoms with E-state index < -0.39 is 17.1 Å². The van der Waals surface area contributed by atoms with E-state index in [-0.39, 0.29) is 36.4 Å². The van der Waals surface area contributed by atoms with Gasteiger partial charge in [0.1, 0.15) is 0 Å². The fourth-order valence-electron chi connectivity index (χ4n) is 11.1. The monoisotopic (exact) mass is 731 g/mol. The second kappa shape index (κ2) is 15.4. The Morgan fingerprint density at radius 1 is 0.907 bits per heavy atom. The summed E-state index contributed by atoms with van der Waals surface area (Å²) in [5.74, 6) is 1.54. The van der Waals surface area contributed by atoms with Crippen molar-refractivity contribution >= 4 is 11.9 Å². The zero-order valence-corrected chi connectivity index (χ0v) is 33.2. The van der Waals surface area contributed by atoms with Gasteiger partial charge in [0.15, 0.2) is 5.78 Å². The first-order valence-electron chi connectivity index (χ1n) is 20.6. The molecule has 9 rings (SSSR count). The van der Waals surface area contributed by atoms with Gasteiger partial charge in [-0.15, -0.1) is 0 Å². The van der Waals surface area contributed by atoms with Gasteiger partial charge in [-0.1, -0.05) is 99.2 Å². The van der Waals surface area contributed by atoms with E-state index in [0.717, 1.165) is 47.4 Å². The Labute approximate surface area is 323 Å². The van der Waals surface area contributed by atoms with Gasteiger partial charge in [-0.25, -0.2) is 4.79 Å². The van der Waals surface area contributed by atoms with Crippen molar-refractivity contribution in [3.05, 3.63) is 107 Å². The summed E-state index contributed by atoms with van der Waals surface area (Å²) < 4.78 is 5.70. The zero-order valence-electron chi connectivity index (χ0n) is 33.2. The van der Waals surface area contributed by atoms with E-state index in [1.54, 1.807) is 0 Å². The molecule has 288 valence electrons. The van der Waals surface area contributed by atoms with Crippen LogP contribution in [0.5, 0.6) is 0 Å². The molecule has 0 heterocycles. The summed E-state index contributed by atoms with van der Waals surface area (Å²) in [4.78, 5) is 30.7. The lowest BCUT2D eigenvalue weighted by molar-refractivity contribution is -0.120. The summed E-state index contributed by atoms with van der Waals surface area (Å²) >= 11 is 0. The minimum atomic E-state index is -1.20. The molecule has 4 saturated carbocycles. The van der Waals surface area contributed by atoms with Crippen LogP contribution in [-0.2, 0) is 11.2 Å². The Morgan fingerprint density at radius 3 is 2.41 bits per heavy atom. The minimum Gasteiger partial charge on any atom is -0.450 e. The van der Waals surface area contributed by atoms with Crippen LogP contribution in [0.2, 0.25) is 0 Å². The smallest absolute Gasteiger partial charge is 0.409 e. The third-order valence-electron chi connectivity index (χ3n) is 14.6. The van der Waals surface area contributed by atoms with Crippen LogP contribution in [0.25, 0.3) is 11.1 Å². The molecule has 0 unspecified atom stereocenters. The van der Waals surface area contributed by atoms with Crippen LogP contribution in [0.1, 0.15) is 125 Å². The van der Waals surface area contributed by atoms with Gasteiger partial charge in [-0.3, -0.25) is 4.79 Å². The predicted octanol–water partition coefficient (Wildman–Crippen LogP) is 10.2. The van der Waals surface area contributed by atoms with Crippen molar-refractivity contribution < 1.29 is 24.5 Å². The lowest BCUT2D eigenvalue weighted by atomic mass is 9.45. The van der Waals surface area contributed by atoms with Gasteiger partial charge < -0.3 is 19.8 Å². The van der Waals surface area contributed by atoms with Crippen molar-refractivity contribution in [2.24, 2.45) is 28.6 Å². The standard InChI is InChI=1S/C48H61NO5/c1-6-54-45(52)49(30-35-20-21-36-29-43(35)46(36,3)4)31-48(53)26-24-42-39-23-19-33(27-37(50)22-18-32(2)13-12-25-47(42,48)5)28-41(39)44(51)40-17-11-10-16-38(40)34-14-8-7-9-15-34/h7-11,13-17,19,23,28,35-37,42-43,50,53H,6,12,18,20-22,24-27,29-31H2,1-5H3/t35-,36-,37-,42-,43-,47-,48+/m0/s1. The molecule has 0 aromatic heterocycles. The van der Waals surface area contributed by atoms with Crippen molar-refractivity contribution in [3.8, 4) is 11.1 Å². The Balaban J connectivity index is 1.29. The maximum atomic E-state index is 15.0. The summed E-state index contributed by atoms with van der Waals surface area (Å²) in [6, 6.07) is 24.1. The molecule has 3 aromatic rings. The van der Waals surface area contributed by atoms with Crippen LogP contribution in [0.4, 0.5) is 4.79 Å². The van der Waals surface area contributed by atoms with Crippen LogP contribution < -0.4 is 0 Å². The van der Waals surface area contributed by atoms with E-state index in [1.807, 2.05) is 72.5 Å². The van der Waals surface area contributed by atoms with Gasteiger partial charge in [-0.2, -0.15) is 0 Å². The molecule has 7 atom stereocenters. The Morgan fingerprint density at radius 2 is 1.67 bits per heavy atom. The third-order valence-corrected chi connectivity index (χ3v) is 14.6. The number of fused-ring (bicyclic) bond motifs is 10. The SMILES string of the molecule is CCOC(=O)N(C[C@@H]1CC[C@H]2C[C@@H]1C2(C)C)C[C@]1(O)CC[C@H]2c3ccc(cc3C(=O)c3ccccc3-c3ccccc3)C[C@@H](O)CCC(C)=CCC[C@@]21C. The lowest BCUT2D eigenvalue weighted by Crippen LogP contribution is -2.58. The molecule has 6 nitrogen and oxygen atoms in total. The quantitative estimate of drug-likeness (QED) is 0.178. The minimum absolute atomic E-state index is 0.0479. The molecule has 6 aliphatic carbocycles. The fraction of sp³-hybridized carbons (Fsp3) is 0.542. The summed E-state index contributed by atoms with van der Waals surface area (Å²) in [6.07, 6.45) is 9.49. The van der Waals surface area contributed by atoms with Gasteiger partial charge in [0.05, 0.1) is 24.9 Å². The van der Waals surface area contributed by atoms with Gasteiger partial charge in [0.25, 0.3) is 0 Å². The second-order valence-electron chi connectivity index (χ2n) is 18.0. The summed E-state index contributed by atoms with van der Waals surface area (Å²) in [5, 5.41) is 24.3. The number of ether oxygens (including phenoxy) is 1. The molecule has 1 amide bonds. The van der Waals surface area contributed by atoms with E-state index in [2.05, 4.69) is 45.9 Å². The highest BCUT2D eigenvalue weighted by Crippen LogP contribution is 2.62. The Kier molecular flexibility index (Phi) is 11.0. The highest BCUT2D eigenvalue weighted by Gasteiger charge is 2.59. The summed E-state index contributed by atoms with van der Waals surface area (Å²) in [7, 11) is 0. The zero-order chi connectivity index (χ0) is 38.3. The number of hydrogen-bond acceptors (Lipinski definition) is 5. The van der Waals surface area contributed by atoms with Crippen LogP contribution in [0.3, 0.4) is 0 Å². The molecule has 4 bridgehead atoms. The number of carbonyl (C=O) groups is 2. The van der Waals surface area contributed by atoms with Crippen molar-refractivity contribution in [1.29, 1.82) is 0 Å². The van der Waals surface area contributed by atoms with E-state index >= 15 is 4.79 Å². The first-order chi connectivity index (χ1) is 25.8. The molecule has 0 saturated heterocycles. The van der Waals surface area contributed by atoms with Crippen LogP contribution in [0, 0.1) is 28.6 Å². The first-order valence-corrected chi connectivity index (χ1v) is 20.6. The Bertz CT molecular complexity index is 1860. The van der Waals surface area contributed by atoms with Crippen molar-refractivity contribution in [2.45, 2.75) is 116 Å². The average molecular weight is 732 g/mol. The second-order valence-corrected chi connectivity index (χ2v) is 18.0. The summed E-state index contributed by atoms with van der Waals surface area (Å²) in [5.41, 5.74) is 4.68. The molecule has 0 radical (unpaired) electrons. The first kappa shape index (κ1) is 38.5. The van der Waals surface area contributed by atoms with Crippen molar-refractivity contribution in [3.63, 3.8) is 0 Å².